The largest absolute Gasteiger partial charge is 0.497 e. The van der Waals surface area contributed by atoms with E-state index in [4.69, 9.17) is 9.15 Å². The number of ether oxygens (including phenoxy) is 1. The topological polar surface area (TPSA) is 112 Å². The second kappa shape index (κ2) is 13.8. The van der Waals surface area contributed by atoms with Crippen LogP contribution < -0.4 is 20.4 Å². The molecule has 2 saturated heterocycles. The highest BCUT2D eigenvalue weighted by Gasteiger charge is 2.31. The summed E-state index contributed by atoms with van der Waals surface area (Å²) < 4.78 is 11.1. The van der Waals surface area contributed by atoms with Gasteiger partial charge in [0.05, 0.1) is 12.5 Å². The maximum absolute atomic E-state index is 14.2. The summed E-state index contributed by atoms with van der Waals surface area (Å²) in [5.74, 6) is -0.358. The number of hydrogen-bond acceptors (Lipinski definition) is 7. The quantitative estimate of drug-likeness (QED) is 0.243. The molecule has 3 amide bonds. The summed E-state index contributed by atoms with van der Waals surface area (Å²) in [4.78, 5) is 59.0. The summed E-state index contributed by atoms with van der Waals surface area (Å²) in [5, 5.41) is 5.34. The van der Waals surface area contributed by atoms with E-state index in [0.717, 1.165) is 46.6 Å². The van der Waals surface area contributed by atoms with Crippen molar-refractivity contribution in [2.45, 2.75) is 31.8 Å². The van der Waals surface area contributed by atoms with Gasteiger partial charge in [-0.2, -0.15) is 0 Å². The summed E-state index contributed by atoms with van der Waals surface area (Å²) in [6.45, 7) is 3.49. The third-order valence-electron chi connectivity index (χ3n) is 9.47. The summed E-state index contributed by atoms with van der Waals surface area (Å²) >= 11 is 0. The van der Waals surface area contributed by atoms with Crippen molar-refractivity contribution in [3.8, 4) is 5.75 Å². The predicted molar refractivity (Wildman–Crippen MR) is 188 cm³/mol. The molecule has 1 atom stereocenters. The van der Waals surface area contributed by atoms with E-state index in [1.807, 2.05) is 59.5 Å². The second-order valence-electron chi connectivity index (χ2n) is 12.6. The molecule has 0 saturated carbocycles. The molecular weight excluding hydrogens is 620 g/mol. The van der Waals surface area contributed by atoms with Gasteiger partial charge in [0.1, 0.15) is 17.4 Å². The van der Waals surface area contributed by atoms with Gasteiger partial charge in [0, 0.05) is 69.9 Å². The monoisotopic (exact) mass is 658 g/mol. The number of rotatable bonds is 9. The molecule has 10 nitrogen and oxygen atoms in total. The van der Waals surface area contributed by atoms with Crippen LogP contribution in [0.1, 0.15) is 34.5 Å². The summed E-state index contributed by atoms with van der Waals surface area (Å²) in [6, 6.07) is 27.2. The van der Waals surface area contributed by atoms with Crippen molar-refractivity contribution in [3.05, 3.63) is 118 Å². The van der Waals surface area contributed by atoms with Crippen molar-refractivity contribution in [3.63, 3.8) is 0 Å². The fourth-order valence-corrected chi connectivity index (χ4v) is 6.82. The van der Waals surface area contributed by atoms with Crippen LogP contribution in [0.2, 0.25) is 0 Å². The molecule has 49 heavy (non-hydrogen) atoms. The van der Waals surface area contributed by atoms with E-state index in [0.29, 0.717) is 50.3 Å². The molecule has 0 aliphatic carbocycles. The lowest BCUT2D eigenvalue weighted by molar-refractivity contribution is -0.133. The maximum atomic E-state index is 14.2. The SMILES string of the molecule is COc1ccc2c(=O)cc(C(=O)N[C@H](Cc3ccc4ccccc4c3)C(=O)N3CCN(c4ccccc4CN4CCCC4=O)CC3)oc2c1. The fraction of sp³-hybridized carbons (Fsp3) is 0.282. The van der Waals surface area contributed by atoms with Crippen molar-refractivity contribution >= 4 is 45.2 Å². The Bertz CT molecular complexity index is 2100. The van der Waals surface area contributed by atoms with Crippen LogP contribution in [-0.4, -0.2) is 73.4 Å². The van der Waals surface area contributed by atoms with Gasteiger partial charge in [0.15, 0.2) is 11.2 Å². The van der Waals surface area contributed by atoms with E-state index in [1.54, 1.807) is 23.1 Å². The number of carbonyl (C=O) groups is 3. The lowest BCUT2D eigenvalue weighted by Gasteiger charge is -2.38. The third kappa shape index (κ3) is 6.85. The second-order valence-corrected chi connectivity index (χ2v) is 12.6. The van der Waals surface area contributed by atoms with Crippen LogP contribution in [0, 0.1) is 0 Å². The Labute approximate surface area is 283 Å². The normalized spacial score (nSPS) is 15.5. The Morgan fingerprint density at radius 2 is 1.63 bits per heavy atom. The molecule has 7 rings (SSSR count). The number of nitrogens with zero attached hydrogens (tertiary/aromatic N) is 3. The molecule has 10 heteroatoms. The lowest BCUT2D eigenvalue weighted by atomic mass is 10.0. The van der Waals surface area contributed by atoms with Crippen LogP contribution in [0.5, 0.6) is 5.75 Å². The van der Waals surface area contributed by atoms with Crippen LogP contribution in [0.25, 0.3) is 21.7 Å². The van der Waals surface area contributed by atoms with Gasteiger partial charge < -0.3 is 29.2 Å². The molecule has 4 aromatic carbocycles. The van der Waals surface area contributed by atoms with Gasteiger partial charge in [-0.15, -0.1) is 0 Å². The molecular formula is C39H38N4O6. The number of methoxy groups -OCH3 is 1. The van der Waals surface area contributed by atoms with Crippen LogP contribution in [0.4, 0.5) is 5.69 Å². The first-order valence-electron chi connectivity index (χ1n) is 16.7. The molecule has 2 aliphatic rings. The van der Waals surface area contributed by atoms with E-state index in [-0.39, 0.29) is 35.0 Å². The zero-order valence-corrected chi connectivity index (χ0v) is 27.4. The number of amides is 3. The van der Waals surface area contributed by atoms with Crippen LogP contribution in [0.15, 0.2) is 100 Å². The highest BCUT2D eigenvalue weighted by atomic mass is 16.5. The molecule has 0 bridgehead atoms. The highest BCUT2D eigenvalue weighted by Crippen LogP contribution is 2.26. The predicted octanol–water partition coefficient (Wildman–Crippen LogP) is 4.77. The molecule has 1 aromatic heterocycles. The van der Waals surface area contributed by atoms with Gasteiger partial charge in [-0.1, -0.05) is 60.7 Å². The minimum Gasteiger partial charge on any atom is -0.497 e. The van der Waals surface area contributed by atoms with Crippen molar-refractivity contribution in [1.29, 1.82) is 0 Å². The van der Waals surface area contributed by atoms with Gasteiger partial charge >= 0.3 is 0 Å². The van der Waals surface area contributed by atoms with Crippen LogP contribution in [-0.2, 0) is 22.6 Å². The number of carbonyl (C=O) groups excluding carboxylic acids is 3. The zero-order chi connectivity index (χ0) is 33.9. The molecule has 3 heterocycles. The first-order valence-corrected chi connectivity index (χ1v) is 16.7. The van der Waals surface area contributed by atoms with Gasteiger partial charge in [-0.25, -0.2) is 0 Å². The fourth-order valence-electron chi connectivity index (χ4n) is 6.82. The Hall–Kier alpha value is -5.64. The molecule has 1 N–H and O–H groups in total. The number of nitrogens with one attached hydrogen (secondary N) is 1. The summed E-state index contributed by atoms with van der Waals surface area (Å²) in [5.41, 5.74) is 2.91. The zero-order valence-electron chi connectivity index (χ0n) is 27.4. The minimum atomic E-state index is -0.903. The van der Waals surface area contributed by atoms with Crippen molar-refractivity contribution in [2.24, 2.45) is 0 Å². The summed E-state index contributed by atoms with van der Waals surface area (Å²) in [6.07, 6.45) is 1.75. The number of benzene rings is 4. The molecule has 2 aliphatic heterocycles. The number of likely N-dealkylation sites (tertiary alicyclic amines) is 1. The van der Waals surface area contributed by atoms with Crippen molar-refractivity contribution in [1.82, 2.24) is 15.1 Å². The van der Waals surface area contributed by atoms with E-state index in [2.05, 4.69) is 22.3 Å². The van der Waals surface area contributed by atoms with Gasteiger partial charge in [0.25, 0.3) is 5.91 Å². The average Bonchev–Trinajstić information content (AvgIpc) is 3.54. The number of para-hydroxylation sites is 1. The Morgan fingerprint density at radius 1 is 0.857 bits per heavy atom. The Kier molecular flexibility index (Phi) is 9.02. The van der Waals surface area contributed by atoms with E-state index >= 15 is 0 Å². The molecule has 0 unspecified atom stereocenters. The van der Waals surface area contributed by atoms with Gasteiger partial charge in [-0.3, -0.25) is 19.2 Å². The van der Waals surface area contributed by atoms with Crippen molar-refractivity contribution < 1.29 is 23.5 Å². The number of piperazine rings is 1. The number of fused-ring (bicyclic) bond motifs is 2. The van der Waals surface area contributed by atoms with Crippen LogP contribution >= 0.6 is 0 Å². The third-order valence-corrected chi connectivity index (χ3v) is 9.47. The Balaban J connectivity index is 1.11. The van der Waals surface area contributed by atoms with E-state index in [9.17, 15) is 19.2 Å². The van der Waals surface area contributed by atoms with E-state index in [1.165, 1.54) is 7.11 Å². The molecule has 250 valence electrons. The minimum absolute atomic E-state index is 0.181. The molecule has 0 radical (unpaired) electrons. The maximum Gasteiger partial charge on any atom is 0.287 e. The van der Waals surface area contributed by atoms with Gasteiger partial charge in [-0.05, 0) is 46.5 Å². The number of anilines is 1. The standard InChI is InChI=1S/C39H38N4O6/c1-48-30-14-15-31-34(44)24-36(49-35(31)23-30)38(46)40-32(22-26-12-13-27-7-2-3-8-28(27)21-26)39(47)42-19-17-41(18-20-42)33-10-5-4-9-29(33)25-43-16-6-11-37(43)45/h2-5,7-10,12-15,21,23-24,32H,6,11,16-20,22,25H2,1H3,(H,40,46)/t32-/m1/s1. The number of hydrogen-bond donors (Lipinski definition) is 1. The summed E-state index contributed by atoms with van der Waals surface area (Å²) in [7, 11) is 1.51. The average molecular weight is 659 g/mol. The molecule has 5 aromatic rings. The Morgan fingerprint density at radius 3 is 2.41 bits per heavy atom. The van der Waals surface area contributed by atoms with Crippen molar-refractivity contribution in [2.75, 3.05) is 44.7 Å². The molecule has 2 fully saturated rings. The lowest BCUT2D eigenvalue weighted by Crippen LogP contribution is -2.55. The smallest absolute Gasteiger partial charge is 0.287 e. The molecule has 0 spiro atoms. The first kappa shape index (κ1) is 31.9. The first-order chi connectivity index (χ1) is 23.9. The van der Waals surface area contributed by atoms with E-state index < -0.39 is 11.9 Å². The van der Waals surface area contributed by atoms with Crippen LogP contribution in [0.3, 0.4) is 0 Å². The van der Waals surface area contributed by atoms with Gasteiger partial charge in [0.2, 0.25) is 11.8 Å². The highest BCUT2D eigenvalue weighted by molar-refractivity contribution is 5.97.